The molecule has 2 aromatic carbocycles. The summed E-state index contributed by atoms with van der Waals surface area (Å²) in [5.41, 5.74) is 13.5. The van der Waals surface area contributed by atoms with Gasteiger partial charge >= 0.3 is 0 Å². The third-order valence-corrected chi connectivity index (χ3v) is 4.01. The summed E-state index contributed by atoms with van der Waals surface area (Å²) in [5.74, 6) is -0.156. The van der Waals surface area contributed by atoms with Crippen LogP contribution in [0.4, 0.5) is 11.4 Å². The average molecular weight is 310 g/mol. The predicted octanol–water partition coefficient (Wildman–Crippen LogP) is 2.81. The summed E-state index contributed by atoms with van der Waals surface area (Å²) in [7, 11) is 0. The van der Waals surface area contributed by atoms with Crippen LogP contribution < -0.4 is 16.2 Å². The lowest BCUT2D eigenvalue weighted by molar-refractivity contribution is 0.0979. The Kier molecular flexibility index (Phi) is 3.78. The van der Waals surface area contributed by atoms with Gasteiger partial charge in [-0.2, -0.15) is 0 Å². The van der Waals surface area contributed by atoms with Crippen LogP contribution in [-0.2, 0) is 0 Å². The molecule has 1 aliphatic rings. The third kappa shape index (κ3) is 2.34. The van der Waals surface area contributed by atoms with E-state index in [4.69, 9.17) is 16.2 Å². The molecule has 4 N–H and O–H groups in total. The summed E-state index contributed by atoms with van der Waals surface area (Å²) in [6.45, 7) is 2.53. The Balaban J connectivity index is 2.13. The number of carbonyl (C=O) groups excluding carboxylic acids is 2. The van der Waals surface area contributed by atoms with Gasteiger partial charge in [0, 0.05) is 16.7 Å². The van der Waals surface area contributed by atoms with Crippen LogP contribution >= 0.6 is 0 Å². The van der Waals surface area contributed by atoms with E-state index in [0.717, 1.165) is 12.8 Å². The molecule has 0 bridgehead atoms. The van der Waals surface area contributed by atoms with E-state index in [1.807, 2.05) is 6.92 Å². The van der Waals surface area contributed by atoms with Gasteiger partial charge in [-0.3, -0.25) is 9.59 Å². The van der Waals surface area contributed by atoms with Gasteiger partial charge in [0.15, 0.2) is 11.6 Å². The van der Waals surface area contributed by atoms with Crippen molar-refractivity contribution in [2.24, 2.45) is 0 Å². The van der Waals surface area contributed by atoms with Gasteiger partial charge in [-0.15, -0.1) is 0 Å². The van der Waals surface area contributed by atoms with Crippen LogP contribution in [0.1, 0.15) is 51.6 Å². The lowest BCUT2D eigenvalue weighted by Crippen LogP contribution is -2.23. The molecule has 0 amide bonds. The van der Waals surface area contributed by atoms with E-state index < -0.39 is 0 Å². The maximum Gasteiger partial charge on any atom is 0.196 e. The van der Waals surface area contributed by atoms with Gasteiger partial charge in [-0.05, 0) is 12.5 Å². The smallest absolute Gasteiger partial charge is 0.196 e. The maximum absolute atomic E-state index is 12.7. The molecule has 0 unspecified atom stereocenters. The number of anilines is 2. The number of nitrogens with two attached hydrogens (primary N) is 2. The normalized spacial score (nSPS) is 12.7. The molecule has 0 fully saturated rings. The van der Waals surface area contributed by atoms with Crippen LogP contribution in [-0.4, -0.2) is 18.2 Å². The Morgan fingerprint density at radius 3 is 2.26 bits per heavy atom. The van der Waals surface area contributed by atoms with Crippen LogP contribution in [0.25, 0.3) is 0 Å². The zero-order chi connectivity index (χ0) is 16.6. The first kappa shape index (κ1) is 15.1. The summed E-state index contributed by atoms with van der Waals surface area (Å²) in [4.78, 5) is 25.4. The Bertz CT molecular complexity index is 812. The van der Waals surface area contributed by atoms with Crippen LogP contribution in [0.3, 0.4) is 0 Å². The van der Waals surface area contributed by atoms with Gasteiger partial charge < -0.3 is 16.2 Å². The van der Waals surface area contributed by atoms with E-state index >= 15 is 0 Å². The lowest BCUT2D eigenvalue weighted by Gasteiger charge is -2.21. The Labute approximate surface area is 134 Å². The predicted molar refractivity (Wildman–Crippen MR) is 89.0 cm³/mol. The summed E-state index contributed by atoms with van der Waals surface area (Å²) in [6, 6.07) is 8.25. The number of ether oxygens (including phenoxy) is 1. The van der Waals surface area contributed by atoms with Crippen LogP contribution in [0.15, 0.2) is 30.3 Å². The second-order valence-corrected chi connectivity index (χ2v) is 5.53. The van der Waals surface area contributed by atoms with Crippen molar-refractivity contribution in [2.75, 3.05) is 18.1 Å². The molecule has 3 rings (SSSR count). The molecule has 1 aliphatic carbocycles. The van der Waals surface area contributed by atoms with E-state index in [9.17, 15) is 9.59 Å². The molecule has 118 valence electrons. The molecular weight excluding hydrogens is 292 g/mol. The number of carbonyl (C=O) groups is 2. The van der Waals surface area contributed by atoms with E-state index in [1.165, 1.54) is 6.07 Å². The summed E-state index contributed by atoms with van der Waals surface area (Å²) >= 11 is 0. The van der Waals surface area contributed by atoms with Crippen molar-refractivity contribution in [3.05, 3.63) is 52.6 Å². The molecule has 0 spiro atoms. The number of hydrogen-bond acceptors (Lipinski definition) is 5. The molecule has 0 aromatic heterocycles. The molecule has 5 nitrogen and oxygen atoms in total. The van der Waals surface area contributed by atoms with E-state index in [2.05, 4.69) is 0 Å². The molecule has 0 heterocycles. The summed E-state index contributed by atoms with van der Waals surface area (Å²) in [5, 5.41) is 0. The van der Waals surface area contributed by atoms with Crippen molar-refractivity contribution in [2.45, 2.75) is 19.8 Å². The Morgan fingerprint density at radius 1 is 0.957 bits per heavy atom. The third-order valence-electron chi connectivity index (χ3n) is 4.01. The van der Waals surface area contributed by atoms with Gasteiger partial charge in [0.05, 0.1) is 23.5 Å². The fourth-order valence-corrected chi connectivity index (χ4v) is 2.72. The first-order valence-corrected chi connectivity index (χ1v) is 7.59. The van der Waals surface area contributed by atoms with Crippen molar-refractivity contribution < 1.29 is 14.3 Å². The number of rotatable bonds is 4. The summed E-state index contributed by atoms with van der Waals surface area (Å²) in [6.07, 6.45) is 1.84. The fraction of sp³-hybridized carbons (Fsp3) is 0.222. The van der Waals surface area contributed by atoms with Gasteiger partial charge in [0.2, 0.25) is 0 Å². The number of fused-ring (bicyclic) bond motifs is 2. The highest BCUT2D eigenvalue weighted by molar-refractivity contribution is 6.30. The number of unbranched alkanes of at least 4 members (excludes halogenated alkanes) is 1. The summed E-state index contributed by atoms with van der Waals surface area (Å²) < 4.78 is 5.63. The van der Waals surface area contributed by atoms with Gasteiger partial charge in [-0.25, -0.2) is 0 Å². The number of nitrogen functional groups attached to an aromatic ring is 2. The standard InChI is InChI=1S/C18H18N2O3/c1-2-3-8-23-13-9-12-14(16(20)15(13)19)18(22)11-7-5-4-6-10(11)17(12)21/h4-7,9H,2-3,8,19-20H2,1H3. The zero-order valence-corrected chi connectivity index (χ0v) is 12.9. The first-order valence-electron chi connectivity index (χ1n) is 7.59. The number of hydrogen-bond donors (Lipinski definition) is 2. The highest BCUT2D eigenvalue weighted by Crippen LogP contribution is 2.39. The highest BCUT2D eigenvalue weighted by Gasteiger charge is 2.33. The second-order valence-electron chi connectivity index (χ2n) is 5.53. The highest BCUT2D eigenvalue weighted by atomic mass is 16.5. The minimum absolute atomic E-state index is 0.113. The molecule has 23 heavy (non-hydrogen) atoms. The zero-order valence-electron chi connectivity index (χ0n) is 12.9. The van der Waals surface area contributed by atoms with Crippen molar-refractivity contribution in [3.63, 3.8) is 0 Å². The molecule has 2 aromatic rings. The van der Waals surface area contributed by atoms with Crippen molar-refractivity contribution in [3.8, 4) is 5.75 Å². The van der Waals surface area contributed by atoms with Gasteiger partial charge in [0.25, 0.3) is 0 Å². The SMILES string of the molecule is CCCCOc1cc2c(c(N)c1N)C(=O)c1ccccc1C2=O. The van der Waals surface area contributed by atoms with E-state index in [1.54, 1.807) is 24.3 Å². The van der Waals surface area contributed by atoms with Crippen LogP contribution in [0, 0.1) is 0 Å². The molecule has 5 heteroatoms. The Hall–Kier alpha value is -2.82. The van der Waals surface area contributed by atoms with Crippen LogP contribution in [0.2, 0.25) is 0 Å². The molecule has 0 aliphatic heterocycles. The minimum atomic E-state index is -0.278. The van der Waals surface area contributed by atoms with E-state index in [0.29, 0.717) is 23.5 Å². The topological polar surface area (TPSA) is 95.4 Å². The Morgan fingerprint density at radius 2 is 1.61 bits per heavy atom. The monoisotopic (exact) mass is 310 g/mol. The number of ketones is 2. The van der Waals surface area contributed by atoms with Crippen molar-refractivity contribution >= 4 is 22.9 Å². The molecular formula is C18H18N2O3. The largest absolute Gasteiger partial charge is 0.491 e. The molecule has 0 saturated carbocycles. The van der Waals surface area contributed by atoms with E-state index in [-0.39, 0.29) is 34.1 Å². The van der Waals surface area contributed by atoms with Gasteiger partial charge in [0.1, 0.15) is 5.75 Å². The second kappa shape index (κ2) is 5.76. The maximum atomic E-state index is 12.7. The lowest BCUT2D eigenvalue weighted by atomic mass is 9.83. The fourth-order valence-electron chi connectivity index (χ4n) is 2.72. The molecule has 0 radical (unpaired) electrons. The van der Waals surface area contributed by atoms with Crippen molar-refractivity contribution in [1.82, 2.24) is 0 Å². The number of benzene rings is 2. The molecule has 0 saturated heterocycles. The van der Waals surface area contributed by atoms with Crippen LogP contribution in [0.5, 0.6) is 5.75 Å². The minimum Gasteiger partial charge on any atom is -0.491 e. The molecule has 0 atom stereocenters. The average Bonchev–Trinajstić information content (AvgIpc) is 2.56. The van der Waals surface area contributed by atoms with Gasteiger partial charge in [-0.1, -0.05) is 37.6 Å². The quantitative estimate of drug-likeness (QED) is 0.570. The first-order chi connectivity index (χ1) is 11.1. The van der Waals surface area contributed by atoms with Crippen molar-refractivity contribution in [1.29, 1.82) is 0 Å².